The SMILES string of the molecule is CCCC(=O)NS(=O)(=O)c1cccc(-c2cccc(-c3cc(-c4ccc(C(F)(F)F)cc4)cc(C)n3)n2)c1. The molecule has 38 heavy (non-hydrogen) atoms. The minimum absolute atomic E-state index is 0.0649. The van der Waals surface area contributed by atoms with Gasteiger partial charge in [-0.05, 0) is 73.0 Å². The third kappa shape index (κ3) is 6.25. The molecule has 0 spiro atoms. The van der Waals surface area contributed by atoms with Crippen molar-refractivity contribution in [2.75, 3.05) is 0 Å². The van der Waals surface area contributed by atoms with Crippen molar-refractivity contribution < 1.29 is 26.4 Å². The largest absolute Gasteiger partial charge is 0.416 e. The van der Waals surface area contributed by atoms with Crippen LogP contribution in [0.5, 0.6) is 0 Å². The summed E-state index contributed by atoms with van der Waals surface area (Å²) in [5, 5.41) is 0. The number of carbonyl (C=O) groups is 1. The Hall–Kier alpha value is -4.05. The summed E-state index contributed by atoms with van der Waals surface area (Å²) in [6.45, 7) is 3.56. The molecule has 0 atom stereocenters. The van der Waals surface area contributed by atoms with Gasteiger partial charge >= 0.3 is 6.18 Å². The number of aryl methyl sites for hydroxylation is 1. The van der Waals surface area contributed by atoms with Gasteiger partial charge in [0.05, 0.1) is 27.5 Å². The number of benzene rings is 2. The van der Waals surface area contributed by atoms with Crippen molar-refractivity contribution in [3.05, 3.63) is 90.1 Å². The lowest BCUT2D eigenvalue weighted by Crippen LogP contribution is -2.30. The first-order valence-corrected chi connectivity index (χ1v) is 13.2. The molecule has 6 nitrogen and oxygen atoms in total. The number of alkyl halides is 3. The molecule has 2 aromatic carbocycles. The van der Waals surface area contributed by atoms with Crippen LogP contribution >= 0.6 is 0 Å². The van der Waals surface area contributed by atoms with Crippen molar-refractivity contribution in [3.8, 4) is 33.8 Å². The Morgan fingerprint density at radius 3 is 2.18 bits per heavy atom. The van der Waals surface area contributed by atoms with E-state index in [9.17, 15) is 26.4 Å². The van der Waals surface area contributed by atoms with E-state index < -0.39 is 27.7 Å². The van der Waals surface area contributed by atoms with Crippen LogP contribution in [0.1, 0.15) is 31.0 Å². The molecule has 0 aliphatic rings. The molecule has 0 radical (unpaired) electrons. The Labute approximate surface area is 218 Å². The summed E-state index contributed by atoms with van der Waals surface area (Å²) in [5.41, 5.74) is 3.23. The molecule has 2 heterocycles. The van der Waals surface area contributed by atoms with Crippen LogP contribution in [0.2, 0.25) is 0 Å². The highest BCUT2D eigenvalue weighted by Gasteiger charge is 2.30. The zero-order valence-corrected chi connectivity index (χ0v) is 21.4. The van der Waals surface area contributed by atoms with Gasteiger partial charge in [0.25, 0.3) is 10.0 Å². The molecule has 10 heteroatoms. The number of nitrogens with zero attached hydrogens (tertiary/aromatic N) is 2. The number of sulfonamides is 1. The van der Waals surface area contributed by atoms with Gasteiger partial charge in [-0.2, -0.15) is 13.2 Å². The van der Waals surface area contributed by atoms with E-state index >= 15 is 0 Å². The second-order valence-electron chi connectivity index (χ2n) is 8.67. The number of nitrogens with one attached hydrogen (secondary N) is 1. The fourth-order valence-corrected chi connectivity index (χ4v) is 4.93. The van der Waals surface area contributed by atoms with Crippen LogP contribution in [0, 0.1) is 6.92 Å². The summed E-state index contributed by atoms with van der Waals surface area (Å²) in [6.07, 6.45) is -3.80. The summed E-state index contributed by atoms with van der Waals surface area (Å²) in [6, 6.07) is 19.7. The second kappa shape index (κ2) is 10.7. The topological polar surface area (TPSA) is 89.0 Å². The summed E-state index contributed by atoms with van der Waals surface area (Å²) in [7, 11) is -4.04. The van der Waals surface area contributed by atoms with E-state index in [1.165, 1.54) is 24.3 Å². The number of carbonyl (C=O) groups excluding carboxylic acids is 1. The van der Waals surface area contributed by atoms with Crippen LogP contribution in [0.4, 0.5) is 13.2 Å². The van der Waals surface area contributed by atoms with E-state index in [-0.39, 0.29) is 11.3 Å². The van der Waals surface area contributed by atoms with Gasteiger partial charge in [0.2, 0.25) is 5.91 Å². The maximum atomic E-state index is 13.0. The monoisotopic (exact) mass is 539 g/mol. The highest BCUT2D eigenvalue weighted by Crippen LogP contribution is 2.32. The van der Waals surface area contributed by atoms with E-state index in [1.54, 1.807) is 56.3 Å². The van der Waals surface area contributed by atoms with E-state index in [4.69, 9.17) is 0 Å². The Morgan fingerprint density at radius 1 is 0.816 bits per heavy atom. The molecule has 0 unspecified atom stereocenters. The molecular weight excluding hydrogens is 515 g/mol. The van der Waals surface area contributed by atoms with E-state index in [0.29, 0.717) is 45.9 Å². The average molecular weight is 540 g/mol. The number of hydrogen-bond donors (Lipinski definition) is 1. The lowest BCUT2D eigenvalue weighted by atomic mass is 10.0. The molecule has 1 amide bonds. The smallest absolute Gasteiger partial charge is 0.274 e. The van der Waals surface area contributed by atoms with Crippen LogP contribution < -0.4 is 4.72 Å². The molecule has 0 fully saturated rings. The highest BCUT2D eigenvalue weighted by atomic mass is 32.2. The minimum Gasteiger partial charge on any atom is -0.274 e. The minimum atomic E-state index is -4.42. The van der Waals surface area contributed by atoms with Crippen LogP contribution in [0.3, 0.4) is 0 Å². The molecule has 0 aliphatic heterocycles. The van der Waals surface area contributed by atoms with Gasteiger partial charge in [0, 0.05) is 17.7 Å². The fourth-order valence-electron chi connectivity index (χ4n) is 3.87. The second-order valence-corrected chi connectivity index (χ2v) is 10.4. The Bertz CT molecular complexity index is 1590. The van der Waals surface area contributed by atoms with E-state index in [2.05, 4.69) is 14.7 Å². The molecular formula is C28H24F3N3O3S. The van der Waals surface area contributed by atoms with Crippen LogP contribution in [0.15, 0.2) is 83.8 Å². The summed E-state index contributed by atoms with van der Waals surface area (Å²) in [5.74, 6) is -0.576. The van der Waals surface area contributed by atoms with Gasteiger partial charge < -0.3 is 0 Å². The number of pyridine rings is 2. The third-order valence-corrected chi connectivity index (χ3v) is 7.05. The Kier molecular flexibility index (Phi) is 7.63. The zero-order chi connectivity index (χ0) is 27.5. The quantitative estimate of drug-likeness (QED) is 0.293. The first-order valence-electron chi connectivity index (χ1n) is 11.8. The first kappa shape index (κ1) is 27.0. The van der Waals surface area contributed by atoms with Gasteiger partial charge in [-0.3, -0.25) is 9.78 Å². The van der Waals surface area contributed by atoms with E-state index in [0.717, 1.165) is 12.1 Å². The predicted molar refractivity (Wildman–Crippen MR) is 138 cm³/mol. The maximum Gasteiger partial charge on any atom is 0.416 e. The van der Waals surface area contributed by atoms with Gasteiger partial charge in [0.15, 0.2) is 0 Å². The predicted octanol–water partition coefficient (Wildman–Crippen LogP) is 6.41. The molecule has 4 rings (SSSR count). The maximum absolute atomic E-state index is 13.0. The van der Waals surface area contributed by atoms with Crippen LogP contribution in [-0.2, 0) is 21.0 Å². The Morgan fingerprint density at radius 2 is 1.50 bits per heavy atom. The molecule has 0 bridgehead atoms. The van der Waals surface area contributed by atoms with Gasteiger partial charge in [0.1, 0.15) is 0 Å². The summed E-state index contributed by atoms with van der Waals surface area (Å²) in [4.78, 5) is 21.0. The van der Waals surface area contributed by atoms with Crippen molar-refractivity contribution in [1.29, 1.82) is 0 Å². The molecule has 4 aromatic rings. The lowest BCUT2D eigenvalue weighted by Gasteiger charge is -2.11. The number of aromatic nitrogens is 2. The molecule has 1 N–H and O–H groups in total. The molecule has 196 valence electrons. The van der Waals surface area contributed by atoms with E-state index in [1.807, 2.05) is 0 Å². The van der Waals surface area contributed by atoms with Crippen molar-refractivity contribution in [2.45, 2.75) is 37.8 Å². The fraction of sp³-hybridized carbons (Fsp3) is 0.179. The number of rotatable bonds is 7. The van der Waals surface area contributed by atoms with Crippen molar-refractivity contribution in [1.82, 2.24) is 14.7 Å². The summed E-state index contributed by atoms with van der Waals surface area (Å²) >= 11 is 0. The third-order valence-electron chi connectivity index (χ3n) is 5.68. The molecule has 2 aromatic heterocycles. The van der Waals surface area contributed by atoms with Crippen molar-refractivity contribution >= 4 is 15.9 Å². The number of halogens is 3. The normalized spacial score (nSPS) is 11.8. The molecule has 0 saturated carbocycles. The van der Waals surface area contributed by atoms with Crippen LogP contribution in [-0.4, -0.2) is 24.3 Å². The number of amides is 1. The zero-order valence-electron chi connectivity index (χ0n) is 20.6. The highest BCUT2D eigenvalue weighted by molar-refractivity contribution is 7.90. The average Bonchev–Trinajstić information content (AvgIpc) is 2.88. The molecule has 0 saturated heterocycles. The van der Waals surface area contributed by atoms with Gasteiger partial charge in [-0.25, -0.2) is 18.1 Å². The van der Waals surface area contributed by atoms with Crippen LogP contribution in [0.25, 0.3) is 33.8 Å². The van der Waals surface area contributed by atoms with Crippen molar-refractivity contribution in [3.63, 3.8) is 0 Å². The standard InChI is InChI=1S/C28H24F3N3O3S/c1-3-6-27(35)34-38(36,37)23-8-4-7-20(16-23)24-9-5-10-25(33-24)26-17-21(15-18(2)32-26)19-11-13-22(14-12-19)28(29,30)31/h4-5,7-17H,3,6H2,1-2H3,(H,34,35). The number of hydrogen-bond acceptors (Lipinski definition) is 5. The Balaban J connectivity index is 1.67. The van der Waals surface area contributed by atoms with Gasteiger partial charge in [-0.1, -0.05) is 37.3 Å². The first-order chi connectivity index (χ1) is 18.0. The molecule has 0 aliphatic carbocycles. The summed E-state index contributed by atoms with van der Waals surface area (Å²) < 4.78 is 66.2. The lowest BCUT2D eigenvalue weighted by molar-refractivity contribution is -0.137. The van der Waals surface area contributed by atoms with Gasteiger partial charge in [-0.15, -0.1) is 0 Å². The van der Waals surface area contributed by atoms with Crippen molar-refractivity contribution in [2.24, 2.45) is 0 Å².